The molecule has 20 heavy (non-hydrogen) atoms. The summed E-state index contributed by atoms with van der Waals surface area (Å²) in [5.41, 5.74) is 2.64. The molecule has 0 bridgehead atoms. The van der Waals surface area contributed by atoms with E-state index in [-0.39, 0.29) is 5.41 Å². The van der Waals surface area contributed by atoms with Crippen LogP contribution in [-0.2, 0) is 16.6 Å². The van der Waals surface area contributed by atoms with E-state index in [4.69, 9.17) is 0 Å². The summed E-state index contributed by atoms with van der Waals surface area (Å²) >= 11 is 0. The molecule has 3 rings (SSSR count). The van der Waals surface area contributed by atoms with Crippen LogP contribution in [0.15, 0.2) is 60.7 Å². The Morgan fingerprint density at radius 3 is 2.20 bits per heavy atom. The van der Waals surface area contributed by atoms with Gasteiger partial charge in [0.15, 0.2) is 0 Å². The van der Waals surface area contributed by atoms with Crippen molar-refractivity contribution in [2.75, 3.05) is 0 Å². The minimum absolute atomic E-state index is 0.00204. The van der Waals surface area contributed by atoms with Gasteiger partial charge in [-0.3, -0.25) is 4.79 Å². The molecule has 0 N–H and O–H groups in total. The summed E-state index contributed by atoms with van der Waals surface area (Å²) in [7, 11) is 0. The zero-order valence-electron chi connectivity index (χ0n) is 11.7. The molecule has 1 saturated carbocycles. The predicted molar refractivity (Wildman–Crippen MR) is 81.7 cm³/mol. The van der Waals surface area contributed by atoms with E-state index in [1.54, 1.807) is 0 Å². The van der Waals surface area contributed by atoms with Gasteiger partial charge in [0.05, 0.1) is 0 Å². The van der Waals surface area contributed by atoms with Gasteiger partial charge in [0, 0.05) is 18.3 Å². The molecule has 1 aliphatic carbocycles. The van der Waals surface area contributed by atoms with Crippen LogP contribution in [0.4, 0.5) is 0 Å². The SMILES string of the molecule is O=C1CCC[C@@](Cc2ccccc2)(c2ccccc2)C1. The number of ketones is 1. The summed E-state index contributed by atoms with van der Waals surface area (Å²) in [4.78, 5) is 12.0. The number of carbonyl (C=O) groups is 1. The van der Waals surface area contributed by atoms with Gasteiger partial charge in [-0.2, -0.15) is 0 Å². The Morgan fingerprint density at radius 1 is 0.900 bits per heavy atom. The third-order valence-electron chi connectivity index (χ3n) is 4.42. The molecule has 0 aliphatic heterocycles. The first-order valence-corrected chi connectivity index (χ1v) is 7.40. The lowest BCUT2D eigenvalue weighted by Gasteiger charge is -2.37. The molecular weight excluding hydrogens is 244 g/mol. The average molecular weight is 264 g/mol. The highest BCUT2D eigenvalue weighted by atomic mass is 16.1. The fourth-order valence-electron chi connectivity index (χ4n) is 3.46. The van der Waals surface area contributed by atoms with Crippen LogP contribution in [0, 0.1) is 0 Å². The molecule has 1 aliphatic rings. The summed E-state index contributed by atoms with van der Waals surface area (Å²) in [5, 5.41) is 0. The number of carbonyl (C=O) groups excluding carboxylic acids is 1. The molecule has 0 radical (unpaired) electrons. The Kier molecular flexibility index (Phi) is 3.68. The molecule has 2 aromatic rings. The zero-order valence-corrected chi connectivity index (χ0v) is 11.7. The Balaban J connectivity index is 1.97. The minimum atomic E-state index is -0.00204. The average Bonchev–Trinajstić information content (AvgIpc) is 2.49. The number of hydrogen-bond acceptors (Lipinski definition) is 1. The van der Waals surface area contributed by atoms with Crippen LogP contribution >= 0.6 is 0 Å². The summed E-state index contributed by atoms with van der Waals surface area (Å²) in [5.74, 6) is 0.413. The number of Topliss-reactive ketones (excluding diaryl/α,β-unsaturated/α-hetero) is 1. The van der Waals surface area contributed by atoms with Crippen molar-refractivity contribution in [1.82, 2.24) is 0 Å². The van der Waals surface area contributed by atoms with E-state index in [2.05, 4.69) is 48.5 Å². The molecule has 0 spiro atoms. The van der Waals surface area contributed by atoms with Crippen LogP contribution in [0.1, 0.15) is 36.8 Å². The Bertz CT molecular complexity index is 573. The van der Waals surface area contributed by atoms with Crippen LogP contribution in [0.3, 0.4) is 0 Å². The molecule has 0 unspecified atom stereocenters. The van der Waals surface area contributed by atoms with Crippen molar-refractivity contribution in [3.05, 3.63) is 71.8 Å². The van der Waals surface area contributed by atoms with Gasteiger partial charge in [-0.15, -0.1) is 0 Å². The molecule has 1 fully saturated rings. The molecule has 0 heterocycles. The van der Waals surface area contributed by atoms with E-state index in [0.29, 0.717) is 12.2 Å². The second-order valence-corrected chi connectivity index (χ2v) is 5.88. The fourth-order valence-corrected chi connectivity index (χ4v) is 3.46. The highest BCUT2D eigenvalue weighted by Crippen LogP contribution is 2.40. The van der Waals surface area contributed by atoms with Crippen LogP contribution in [0.25, 0.3) is 0 Å². The van der Waals surface area contributed by atoms with Crippen LogP contribution in [-0.4, -0.2) is 5.78 Å². The maximum Gasteiger partial charge on any atom is 0.133 e. The second-order valence-electron chi connectivity index (χ2n) is 5.88. The van der Waals surface area contributed by atoms with Gasteiger partial charge in [0.1, 0.15) is 5.78 Å². The van der Waals surface area contributed by atoms with Crippen molar-refractivity contribution < 1.29 is 4.79 Å². The number of benzene rings is 2. The Morgan fingerprint density at radius 2 is 1.55 bits per heavy atom. The van der Waals surface area contributed by atoms with Crippen LogP contribution in [0.5, 0.6) is 0 Å². The lowest BCUT2D eigenvalue weighted by molar-refractivity contribution is -0.122. The van der Waals surface area contributed by atoms with Crippen LogP contribution < -0.4 is 0 Å². The first-order valence-electron chi connectivity index (χ1n) is 7.40. The predicted octanol–water partition coefficient (Wildman–Crippen LogP) is 4.31. The molecule has 0 aromatic heterocycles. The summed E-state index contributed by atoms with van der Waals surface area (Å²) in [6, 6.07) is 21.1. The van der Waals surface area contributed by atoms with Gasteiger partial charge in [0.25, 0.3) is 0 Å². The number of hydrogen-bond donors (Lipinski definition) is 0. The summed E-state index contributed by atoms with van der Waals surface area (Å²) in [6.45, 7) is 0. The number of rotatable bonds is 3. The quantitative estimate of drug-likeness (QED) is 0.807. The zero-order chi connectivity index (χ0) is 13.8. The molecule has 0 amide bonds. The van der Waals surface area contributed by atoms with Crippen molar-refractivity contribution in [3.8, 4) is 0 Å². The van der Waals surface area contributed by atoms with Gasteiger partial charge in [-0.05, 0) is 30.4 Å². The first kappa shape index (κ1) is 13.1. The van der Waals surface area contributed by atoms with E-state index in [9.17, 15) is 4.79 Å². The second kappa shape index (κ2) is 5.62. The van der Waals surface area contributed by atoms with Gasteiger partial charge in [-0.25, -0.2) is 0 Å². The largest absolute Gasteiger partial charge is 0.300 e. The normalized spacial score (nSPS) is 22.7. The maximum atomic E-state index is 12.0. The van der Waals surface area contributed by atoms with Crippen molar-refractivity contribution in [2.24, 2.45) is 0 Å². The lowest BCUT2D eigenvalue weighted by Crippen LogP contribution is -2.35. The molecular formula is C19H20O. The van der Waals surface area contributed by atoms with Gasteiger partial charge >= 0.3 is 0 Å². The van der Waals surface area contributed by atoms with Crippen molar-refractivity contribution >= 4 is 5.78 Å². The highest BCUT2D eigenvalue weighted by Gasteiger charge is 2.37. The van der Waals surface area contributed by atoms with Crippen molar-refractivity contribution in [3.63, 3.8) is 0 Å². The maximum absolute atomic E-state index is 12.0. The minimum Gasteiger partial charge on any atom is -0.300 e. The van der Waals surface area contributed by atoms with E-state index >= 15 is 0 Å². The fraction of sp³-hybridized carbons (Fsp3) is 0.316. The van der Waals surface area contributed by atoms with Crippen molar-refractivity contribution in [2.45, 2.75) is 37.5 Å². The van der Waals surface area contributed by atoms with Gasteiger partial charge < -0.3 is 0 Å². The monoisotopic (exact) mass is 264 g/mol. The van der Waals surface area contributed by atoms with Gasteiger partial charge in [0.2, 0.25) is 0 Å². The molecule has 1 atom stereocenters. The Labute approximate surface area is 120 Å². The first-order chi connectivity index (χ1) is 9.78. The van der Waals surface area contributed by atoms with Gasteiger partial charge in [-0.1, -0.05) is 60.7 Å². The van der Waals surface area contributed by atoms with E-state index < -0.39 is 0 Å². The lowest BCUT2D eigenvalue weighted by atomic mass is 9.66. The smallest absolute Gasteiger partial charge is 0.133 e. The van der Waals surface area contributed by atoms with Crippen molar-refractivity contribution in [1.29, 1.82) is 0 Å². The molecule has 102 valence electrons. The standard InChI is InChI=1S/C19H20O/c20-18-12-7-13-19(15-18,17-10-5-2-6-11-17)14-16-8-3-1-4-9-16/h1-6,8-11H,7,12-15H2/t19-/m0/s1. The Hall–Kier alpha value is -1.89. The topological polar surface area (TPSA) is 17.1 Å². The van der Waals surface area contributed by atoms with Crippen LogP contribution in [0.2, 0.25) is 0 Å². The summed E-state index contributed by atoms with van der Waals surface area (Å²) in [6.07, 6.45) is 4.52. The molecule has 1 nitrogen and oxygen atoms in total. The molecule has 2 aromatic carbocycles. The highest BCUT2D eigenvalue weighted by molar-refractivity contribution is 5.81. The van der Waals surface area contributed by atoms with E-state index in [1.807, 2.05) is 12.1 Å². The molecule has 0 saturated heterocycles. The molecule has 1 heteroatoms. The third-order valence-corrected chi connectivity index (χ3v) is 4.42. The third kappa shape index (κ3) is 2.67. The van der Waals surface area contributed by atoms with E-state index in [1.165, 1.54) is 11.1 Å². The summed E-state index contributed by atoms with van der Waals surface area (Å²) < 4.78 is 0. The van der Waals surface area contributed by atoms with E-state index in [0.717, 1.165) is 25.7 Å².